The fourth-order valence-corrected chi connectivity index (χ4v) is 13.5. The van der Waals surface area contributed by atoms with Gasteiger partial charge in [-0.05, 0) is 160 Å². The summed E-state index contributed by atoms with van der Waals surface area (Å²) in [4.78, 5) is 13.9. The van der Waals surface area contributed by atoms with Gasteiger partial charge in [0.05, 0.1) is 56.5 Å². The number of para-hydroxylation sites is 4. The predicted octanol–water partition coefficient (Wildman–Crippen LogP) is 18.1. The molecule has 6 heterocycles. The van der Waals surface area contributed by atoms with Gasteiger partial charge in [-0.3, -0.25) is 9.97 Å². The molecule has 1 aliphatic carbocycles. The first-order chi connectivity index (χ1) is 39.1. The topological polar surface area (TPSA) is 54.2 Å². The van der Waals surface area contributed by atoms with Crippen molar-refractivity contribution in [2.45, 2.75) is 5.41 Å². The molecule has 366 valence electrons. The maximum atomic E-state index is 8.01. The van der Waals surface area contributed by atoms with Crippen molar-refractivity contribution in [3.63, 3.8) is 0 Å². The van der Waals surface area contributed by atoms with E-state index in [0.717, 1.165) is 112 Å². The first kappa shape index (κ1) is 43.4. The van der Waals surface area contributed by atoms with Crippen LogP contribution in [0.1, 0.15) is 22.3 Å². The number of pyridine rings is 2. The van der Waals surface area contributed by atoms with Crippen molar-refractivity contribution in [1.82, 2.24) is 23.7 Å². The number of nitrogens with zero attached hydrogens (tertiary/aromatic N) is 6. The molecule has 0 radical (unpaired) electrons. The second-order valence-electron chi connectivity index (χ2n) is 20.8. The molecule has 0 saturated heterocycles. The van der Waals surface area contributed by atoms with Crippen molar-refractivity contribution in [1.29, 1.82) is 0 Å². The number of benzene rings is 10. The van der Waals surface area contributed by atoms with Crippen LogP contribution in [0, 0.1) is 6.57 Å². The molecule has 17 rings (SSSR count). The van der Waals surface area contributed by atoms with Gasteiger partial charge in [-0.25, -0.2) is 4.85 Å². The Balaban J connectivity index is 0.805. The third-order valence-electron chi connectivity index (χ3n) is 16.8. The van der Waals surface area contributed by atoms with Crippen molar-refractivity contribution in [3.05, 3.63) is 289 Å². The minimum atomic E-state index is -0.775. The third-order valence-corrected chi connectivity index (χ3v) is 16.8. The molecule has 0 unspecified atom stereocenters. The Labute approximate surface area is 453 Å². The van der Waals surface area contributed by atoms with E-state index in [4.69, 9.17) is 21.3 Å². The lowest BCUT2D eigenvalue weighted by atomic mass is 9.66. The van der Waals surface area contributed by atoms with Crippen molar-refractivity contribution in [2.75, 3.05) is 0 Å². The van der Waals surface area contributed by atoms with Crippen LogP contribution >= 0.6 is 0 Å². The summed E-state index contributed by atoms with van der Waals surface area (Å²) in [6, 6.07) is 86.8. The number of hydrogen-bond donors (Lipinski definition) is 0. The van der Waals surface area contributed by atoms with Crippen LogP contribution in [0.5, 0.6) is 11.5 Å². The highest BCUT2D eigenvalue weighted by atomic mass is 16.5. The second kappa shape index (κ2) is 16.3. The van der Waals surface area contributed by atoms with E-state index in [9.17, 15) is 0 Å². The fourth-order valence-electron chi connectivity index (χ4n) is 13.5. The van der Waals surface area contributed by atoms with Crippen LogP contribution < -0.4 is 4.74 Å². The van der Waals surface area contributed by atoms with Crippen molar-refractivity contribution >= 4 is 71.1 Å². The van der Waals surface area contributed by atoms with Crippen LogP contribution in [-0.2, 0) is 5.41 Å². The van der Waals surface area contributed by atoms with Crippen LogP contribution in [0.4, 0.5) is 5.69 Å². The molecule has 0 amide bonds. The average molecular weight is 1010 g/mol. The summed E-state index contributed by atoms with van der Waals surface area (Å²) in [7, 11) is 0. The van der Waals surface area contributed by atoms with E-state index in [1.807, 2.05) is 36.7 Å². The molecule has 7 nitrogen and oxygen atoms in total. The molecule has 10 aromatic carbocycles. The van der Waals surface area contributed by atoms with E-state index in [1.54, 1.807) is 0 Å². The molecule has 1 aliphatic heterocycles. The molecule has 0 N–H and O–H groups in total. The number of ether oxygens (including phenoxy) is 1. The molecule has 5 aromatic heterocycles. The third kappa shape index (κ3) is 6.05. The minimum Gasteiger partial charge on any atom is -0.457 e. The van der Waals surface area contributed by atoms with Gasteiger partial charge in [-0.1, -0.05) is 121 Å². The summed E-state index contributed by atoms with van der Waals surface area (Å²) in [5.74, 6) is 1.57. The average Bonchev–Trinajstić information content (AvgIpc) is 4.34. The first-order valence-corrected chi connectivity index (χ1v) is 26.6. The molecule has 0 bridgehead atoms. The van der Waals surface area contributed by atoms with Crippen LogP contribution in [-0.4, -0.2) is 23.7 Å². The largest absolute Gasteiger partial charge is 0.457 e. The second-order valence-corrected chi connectivity index (χ2v) is 20.8. The number of rotatable bonds is 5. The molecule has 0 fully saturated rings. The molecule has 0 atom stereocenters. The summed E-state index contributed by atoms with van der Waals surface area (Å²) < 4.78 is 14.2. The van der Waals surface area contributed by atoms with Gasteiger partial charge in [-0.2, -0.15) is 0 Å². The van der Waals surface area contributed by atoms with Crippen LogP contribution in [0.3, 0.4) is 0 Å². The quantitative estimate of drug-likeness (QED) is 0.161. The Hall–Kier alpha value is -10.8. The van der Waals surface area contributed by atoms with Gasteiger partial charge in [0.2, 0.25) is 0 Å². The Bertz CT molecular complexity index is 5030. The van der Waals surface area contributed by atoms with Gasteiger partial charge in [-0.15, -0.1) is 0 Å². The van der Waals surface area contributed by atoms with Crippen molar-refractivity contribution < 1.29 is 4.74 Å². The van der Waals surface area contributed by atoms with Gasteiger partial charge < -0.3 is 18.4 Å². The number of aromatic nitrogens is 5. The Morgan fingerprint density at radius 3 is 1.35 bits per heavy atom. The minimum absolute atomic E-state index is 0.602. The monoisotopic (exact) mass is 1010 g/mol. The number of hydrogen-bond acceptors (Lipinski definition) is 3. The summed E-state index contributed by atoms with van der Waals surface area (Å²) in [5, 5.41) is 6.96. The van der Waals surface area contributed by atoms with Gasteiger partial charge in [0.15, 0.2) is 5.69 Å². The molecule has 79 heavy (non-hydrogen) atoms. The zero-order valence-electron chi connectivity index (χ0n) is 42.3. The van der Waals surface area contributed by atoms with Crippen LogP contribution in [0.25, 0.3) is 121 Å². The van der Waals surface area contributed by atoms with E-state index in [2.05, 4.69) is 237 Å². The highest BCUT2D eigenvalue weighted by molar-refractivity contribution is 6.13. The summed E-state index contributed by atoms with van der Waals surface area (Å²) in [6.45, 7) is 8.01. The normalized spacial score (nSPS) is 13.0. The standard InChI is InChI=1S/C72H42N6O/c1-73-48-27-35-67-57(43-48)56-40-45(25-34-66(56)78(67)51-30-28-50(29-31-51)77-62-20-8-5-15-52(62)53-16-6-9-21-63(53)77)47-23-32-58-69(42-47)79-68-36-26-46(41-61(68)72(58)59-18-11-37-74-70(59)71-60(72)19-12-38-75-71)44-24-33-65-55(39-44)54-17-7-10-22-64(54)76(65)49-13-3-2-4-14-49/h2-43H. The molecular weight excluding hydrogens is 965 g/mol. The van der Waals surface area contributed by atoms with Crippen molar-refractivity contribution in [2.24, 2.45) is 0 Å². The van der Waals surface area contributed by atoms with E-state index in [0.29, 0.717) is 5.69 Å². The van der Waals surface area contributed by atoms with Crippen molar-refractivity contribution in [3.8, 4) is 62.2 Å². The number of fused-ring (bicyclic) bond motifs is 18. The van der Waals surface area contributed by atoms with E-state index in [1.165, 1.54) is 38.1 Å². The summed E-state index contributed by atoms with van der Waals surface area (Å²) in [5.41, 5.74) is 20.2. The Morgan fingerprint density at radius 1 is 0.329 bits per heavy atom. The maximum Gasteiger partial charge on any atom is 0.188 e. The van der Waals surface area contributed by atoms with Crippen LogP contribution in [0.15, 0.2) is 255 Å². The highest BCUT2D eigenvalue weighted by Crippen LogP contribution is 2.62. The molecule has 7 heteroatoms. The summed E-state index contributed by atoms with van der Waals surface area (Å²) in [6.07, 6.45) is 3.74. The van der Waals surface area contributed by atoms with Gasteiger partial charge in [0.25, 0.3) is 0 Å². The lowest BCUT2D eigenvalue weighted by molar-refractivity contribution is 0.436. The molecule has 15 aromatic rings. The van der Waals surface area contributed by atoms with E-state index < -0.39 is 5.41 Å². The van der Waals surface area contributed by atoms with Gasteiger partial charge >= 0.3 is 0 Å². The molecule has 0 saturated carbocycles. The van der Waals surface area contributed by atoms with E-state index in [-0.39, 0.29) is 0 Å². The predicted molar refractivity (Wildman–Crippen MR) is 320 cm³/mol. The lowest BCUT2D eigenvalue weighted by Gasteiger charge is -2.39. The van der Waals surface area contributed by atoms with Crippen LogP contribution in [0.2, 0.25) is 0 Å². The highest BCUT2D eigenvalue weighted by Gasteiger charge is 2.52. The SMILES string of the molecule is [C-]#[N+]c1ccc2c(c1)c1cc(-c3ccc4c(c3)Oc3ccc(-c5ccc6c(c5)c5ccccc5n6-c5ccccc5)cc3C43c4cccnc4-c4ncccc43)ccc1n2-c1ccc(-n2c3ccccc3c3ccccc32)cc1. The lowest BCUT2D eigenvalue weighted by Crippen LogP contribution is -2.32. The maximum absolute atomic E-state index is 8.01. The zero-order valence-corrected chi connectivity index (χ0v) is 42.3. The first-order valence-electron chi connectivity index (χ1n) is 26.6. The fraction of sp³-hybridized carbons (Fsp3) is 0.0139. The van der Waals surface area contributed by atoms with Gasteiger partial charge in [0, 0.05) is 67.5 Å². The molecule has 1 spiro atoms. The Kier molecular flexibility index (Phi) is 8.99. The summed E-state index contributed by atoms with van der Waals surface area (Å²) >= 11 is 0. The molecular formula is C72H42N6O. The Morgan fingerprint density at radius 2 is 0.772 bits per heavy atom. The zero-order chi connectivity index (χ0) is 51.9. The van der Waals surface area contributed by atoms with E-state index >= 15 is 0 Å². The smallest absolute Gasteiger partial charge is 0.188 e. The van der Waals surface area contributed by atoms with Gasteiger partial charge in [0.1, 0.15) is 11.5 Å². The molecule has 2 aliphatic rings.